The molecule has 0 aromatic heterocycles. The van der Waals surface area contributed by atoms with Gasteiger partial charge in [0.1, 0.15) is 5.69 Å². The molecule has 98 valence electrons. The standard InChI is InChI=1S/C12H17N3O3/c1-18-10-3-2-6-14(8-10)9-4-5-12(15(16)17)11(13)7-9/h4-5,7,10H,2-3,6,8,13H2,1H3. The lowest BCUT2D eigenvalue weighted by atomic mass is 10.1. The number of nitrogen functional groups attached to an aromatic ring is 1. The third kappa shape index (κ3) is 2.53. The fourth-order valence-electron chi connectivity index (χ4n) is 2.27. The van der Waals surface area contributed by atoms with E-state index in [1.807, 2.05) is 0 Å². The van der Waals surface area contributed by atoms with Crippen LogP contribution in [0.2, 0.25) is 0 Å². The zero-order valence-corrected chi connectivity index (χ0v) is 10.3. The lowest BCUT2D eigenvalue weighted by Gasteiger charge is -2.33. The fourth-order valence-corrected chi connectivity index (χ4v) is 2.27. The molecule has 1 saturated heterocycles. The van der Waals surface area contributed by atoms with E-state index in [1.165, 1.54) is 6.07 Å². The number of nitrogens with zero attached hydrogens (tertiary/aromatic N) is 2. The van der Waals surface area contributed by atoms with Gasteiger partial charge >= 0.3 is 0 Å². The molecule has 2 rings (SSSR count). The van der Waals surface area contributed by atoms with Crippen LogP contribution in [0.25, 0.3) is 0 Å². The second-order valence-electron chi connectivity index (χ2n) is 4.45. The molecule has 18 heavy (non-hydrogen) atoms. The Morgan fingerprint density at radius 3 is 2.94 bits per heavy atom. The van der Waals surface area contributed by atoms with Crippen LogP contribution in [0.5, 0.6) is 0 Å². The van der Waals surface area contributed by atoms with Crippen LogP contribution in [-0.4, -0.2) is 31.2 Å². The van der Waals surface area contributed by atoms with E-state index in [1.54, 1.807) is 19.2 Å². The predicted molar refractivity (Wildman–Crippen MR) is 69.8 cm³/mol. The molecule has 0 amide bonds. The van der Waals surface area contributed by atoms with Crippen LogP contribution >= 0.6 is 0 Å². The summed E-state index contributed by atoms with van der Waals surface area (Å²) in [6, 6.07) is 4.86. The summed E-state index contributed by atoms with van der Waals surface area (Å²) >= 11 is 0. The Morgan fingerprint density at radius 1 is 1.56 bits per heavy atom. The third-order valence-electron chi connectivity index (χ3n) is 3.28. The van der Waals surface area contributed by atoms with Crippen molar-refractivity contribution in [3.8, 4) is 0 Å². The smallest absolute Gasteiger partial charge is 0.292 e. The van der Waals surface area contributed by atoms with Gasteiger partial charge in [-0.1, -0.05) is 0 Å². The molecule has 0 bridgehead atoms. The number of piperidine rings is 1. The maximum absolute atomic E-state index is 10.7. The zero-order valence-electron chi connectivity index (χ0n) is 10.3. The van der Waals surface area contributed by atoms with E-state index >= 15 is 0 Å². The molecule has 2 N–H and O–H groups in total. The number of nitro groups is 1. The second-order valence-corrected chi connectivity index (χ2v) is 4.45. The van der Waals surface area contributed by atoms with Gasteiger partial charge in [0.05, 0.1) is 11.0 Å². The molecule has 1 aliphatic rings. The van der Waals surface area contributed by atoms with Crippen molar-refractivity contribution in [2.75, 3.05) is 30.8 Å². The Bertz CT molecular complexity index is 450. The third-order valence-corrected chi connectivity index (χ3v) is 3.28. The van der Waals surface area contributed by atoms with E-state index in [4.69, 9.17) is 10.5 Å². The van der Waals surface area contributed by atoms with Gasteiger partial charge in [0.15, 0.2) is 0 Å². The Hall–Kier alpha value is -1.82. The molecule has 0 spiro atoms. The van der Waals surface area contributed by atoms with E-state index in [9.17, 15) is 10.1 Å². The van der Waals surface area contributed by atoms with E-state index in [0.717, 1.165) is 31.6 Å². The maximum Gasteiger partial charge on any atom is 0.292 e. The van der Waals surface area contributed by atoms with E-state index in [2.05, 4.69) is 4.90 Å². The Morgan fingerprint density at radius 2 is 2.33 bits per heavy atom. The zero-order chi connectivity index (χ0) is 13.1. The van der Waals surface area contributed by atoms with Crippen molar-refractivity contribution >= 4 is 17.1 Å². The van der Waals surface area contributed by atoms with Crippen molar-refractivity contribution in [1.82, 2.24) is 0 Å². The van der Waals surface area contributed by atoms with Crippen LogP contribution in [0.3, 0.4) is 0 Å². The molecule has 0 saturated carbocycles. The Labute approximate surface area is 105 Å². The number of rotatable bonds is 3. The number of nitrogens with two attached hydrogens (primary N) is 1. The molecule has 0 aliphatic carbocycles. The van der Waals surface area contributed by atoms with Crippen LogP contribution in [0.15, 0.2) is 18.2 Å². The van der Waals surface area contributed by atoms with Crippen molar-refractivity contribution in [3.63, 3.8) is 0 Å². The van der Waals surface area contributed by atoms with Gasteiger partial charge in [0, 0.05) is 32.0 Å². The minimum Gasteiger partial charge on any atom is -0.393 e. The van der Waals surface area contributed by atoms with E-state index in [-0.39, 0.29) is 17.5 Å². The molecule has 6 heteroatoms. The number of hydrogen-bond donors (Lipinski definition) is 1. The summed E-state index contributed by atoms with van der Waals surface area (Å²) in [7, 11) is 1.71. The Balaban J connectivity index is 2.18. The quantitative estimate of drug-likeness (QED) is 0.503. The molecule has 1 fully saturated rings. The SMILES string of the molecule is COC1CCCN(c2ccc([N+](=O)[O-])c(N)c2)C1. The number of benzene rings is 1. The van der Waals surface area contributed by atoms with Gasteiger partial charge in [0.25, 0.3) is 5.69 Å². The fraction of sp³-hybridized carbons (Fsp3) is 0.500. The lowest BCUT2D eigenvalue weighted by molar-refractivity contribution is -0.383. The summed E-state index contributed by atoms with van der Waals surface area (Å²) in [5.74, 6) is 0. The lowest BCUT2D eigenvalue weighted by Crippen LogP contribution is -2.39. The topological polar surface area (TPSA) is 81.6 Å². The van der Waals surface area contributed by atoms with Crippen LogP contribution in [-0.2, 0) is 4.74 Å². The number of methoxy groups -OCH3 is 1. The first-order valence-corrected chi connectivity index (χ1v) is 5.93. The average molecular weight is 251 g/mol. The van der Waals surface area contributed by atoms with Crippen LogP contribution in [0.4, 0.5) is 17.1 Å². The molecule has 1 aromatic rings. The second kappa shape index (κ2) is 5.22. The van der Waals surface area contributed by atoms with Gasteiger partial charge in [0.2, 0.25) is 0 Å². The van der Waals surface area contributed by atoms with Crippen LogP contribution in [0.1, 0.15) is 12.8 Å². The normalized spacial score (nSPS) is 19.8. The molecule has 6 nitrogen and oxygen atoms in total. The van der Waals surface area contributed by atoms with Crippen molar-refractivity contribution in [2.24, 2.45) is 0 Å². The van der Waals surface area contributed by atoms with Gasteiger partial charge in [-0.15, -0.1) is 0 Å². The monoisotopic (exact) mass is 251 g/mol. The van der Waals surface area contributed by atoms with Crippen molar-refractivity contribution < 1.29 is 9.66 Å². The summed E-state index contributed by atoms with van der Waals surface area (Å²) in [4.78, 5) is 12.4. The van der Waals surface area contributed by atoms with Crippen LogP contribution in [0, 0.1) is 10.1 Å². The highest BCUT2D eigenvalue weighted by molar-refractivity contribution is 5.66. The highest BCUT2D eigenvalue weighted by Gasteiger charge is 2.21. The first-order chi connectivity index (χ1) is 8.61. The summed E-state index contributed by atoms with van der Waals surface area (Å²) in [6.07, 6.45) is 2.32. The molecular formula is C12H17N3O3. The van der Waals surface area contributed by atoms with Crippen molar-refractivity contribution in [2.45, 2.75) is 18.9 Å². The molecule has 1 aliphatic heterocycles. The molecule has 0 radical (unpaired) electrons. The van der Waals surface area contributed by atoms with Gasteiger partial charge < -0.3 is 15.4 Å². The first kappa shape index (κ1) is 12.6. The highest BCUT2D eigenvalue weighted by Crippen LogP contribution is 2.28. The predicted octanol–water partition coefficient (Wildman–Crippen LogP) is 1.79. The summed E-state index contributed by atoms with van der Waals surface area (Å²) in [5, 5.41) is 10.7. The summed E-state index contributed by atoms with van der Waals surface area (Å²) < 4.78 is 5.35. The summed E-state index contributed by atoms with van der Waals surface area (Å²) in [6.45, 7) is 1.73. The minimum atomic E-state index is -0.465. The van der Waals surface area contributed by atoms with E-state index in [0.29, 0.717) is 0 Å². The summed E-state index contributed by atoms with van der Waals surface area (Å²) in [5.41, 5.74) is 6.78. The minimum absolute atomic E-state index is 0.0425. The van der Waals surface area contributed by atoms with Crippen molar-refractivity contribution in [3.05, 3.63) is 28.3 Å². The number of nitro benzene ring substituents is 1. The van der Waals surface area contributed by atoms with Crippen LogP contribution < -0.4 is 10.6 Å². The van der Waals surface area contributed by atoms with E-state index < -0.39 is 4.92 Å². The first-order valence-electron chi connectivity index (χ1n) is 5.93. The number of anilines is 2. The number of hydrogen-bond acceptors (Lipinski definition) is 5. The molecular weight excluding hydrogens is 234 g/mol. The molecule has 1 atom stereocenters. The highest BCUT2D eigenvalue weighted by atomic mass is 16.6. The number of ether oxygens (including phenoxy) is 1. The Kier molecular flexibility index (Phi) is 3.66. The van der Waals surface area contributed by atoms with Crippen molar-refractivity contribution in [1.29, 1.82) is 0 Å². The van der Waals surface area contributed by atoms with Gasteiger partial charge in [-0.2, -0.15) is 0 Å². The molecule has 1 unspecified atom stereocenters. The maximum atomic E-state index is 10.7. The van der Waals surface area contributed by atoms with Gasteiger partial charge in [-0.25, -0.2) is 0 Å². The molecule has 1 heterocycles. The average Bonchev–Trinajstić information content (AvgIpc) is 2.38. The van der Waals surface area contributed by atoms with Gasteiger partial charge in [-0.3, -0.25) is 10.1 Å². The molecule has 1 aromatic carbocycles. The largest absolute Gasteiger partial charge is 0.393 e. The van der Waals surface area contributed by atoms with Gasteiger partial charge in [-0.05, 0) is 25.0 Å².